The van der Waals surface area contributed by atoms with Crippen LogP contribution in [0.25, 0.3) is 0 Å². The van der Waals surface area contributed by atoms with Crippen LogP contribution in [0.2, 0.25) is 10.2 Å². The van der Waals surface area contributed by atoms with E-state index < -0.39 is 0 Å². The molecule has 0 aliphatic carbocycles. The van der Waals surface area contributed by atoms with E-state index in [-0.39, 0.29) is 22.0 Å². The standard InChI is InChI=1S/C11H11Cl2N3O2/c12-8-5-7(6-15-10(8)13)11(18)16-3-1-9(17)14-2-4-16/h5-6H,1-4H2,(H,14,17). The molecule has 0 atom stereocenters. The van der Waals surface area contributed by atoms with E-state index in [0.29, 0.717) is 31.6 Å². The van der Waals surface area contributed by atoms with Gasteiger partial charge in [0.25, 0.3) is 5.91 Å². The van der Waals surface area contributed by atoms with Gasteiger partial charge in [-0.05, 0) is 6.07 Å². The van der Waals surface area contributed by atoms with Crippen LogP contribution in [0.5, 0.6) is 0 Å². The molecular weight excluding hydrogens is 277 g/mol. The summed E-state index contributed by atoms with van der Waals surface area (Å²) in [5.41, 5.74) is 0.374. The fraction of sp³-hybridized carbons (Fsp3) is 0.364. The summed E-state index contributed by atoms with van der Waals surface area (Å²) in [6.07, 6.45) is 1.69. The lowest BCUT2D eigenvalue weighted by molar-refractivity contribution is -0.120. The molecule has 1 saturated heterocycles. The molecule has 0 saturated carbocycles. The number of carbonyl (C=O) groups excluding carboxylic acids is 2. The summed E-state index contributed by atoms with van der Waals surface area (Å²) in [6.45, 7) is 1.33. The largest absolute Gasteiger partial charge is 0.354 e. The minimum absolute atomic E-state index is 0.0439. The first-order valence-electron chi connectivity index (χ1n) is 5.45. The highest BCUT2D eigenvalue weighted by Crippen LogP contribution is 2.20. The fourth-order valence-corrected chi connectivity index (χ4v) is 1.96. The maximum atomic E-state index is 12.2. The van der Waals surface area contributed by atoms with E-state index in [0.717, 1.165) is 0 Å². The van der Waals surface area contributed by atoms with E-state index in [1.807, 2.05) is 0 Å². The Bertz CT molecular complexity index is 493. The van der Waals surface area contributed by atoms with Gasteiger partial charge in [-0.15, -0.1) is 0 Å². The van der Waals surface area contributed by atoms with E-state index in [2.05, 4.69) is 10.3 Å². The monoisotopic (exact) mass is 287 g/mol. The molecule has 1 aromatic heterocycles. The predicted molar refractivity (Wildman–Crippen MR) is 67.8 cm³/mol. The molecule has 18 heavy (non-hydrogen) atoms. The highest BCUT2D eigenvalue weighted by atomic mass is 35.5. The quantitative estimate of drug-likeness (QED) is 0.793. The van der Waals surface area contributed by atoms with Gasteiger partial charge in [0.15, 0.2) is 0 Å². The molecule has 2 heterocycles. The molecule has 0 aromatic carbocycles. The SMILES string of the molecule is O=C1CCN(C(=O)c2cnc(Cl)c(Cl)c2)CCN1. The van der Waals surface area contributed by atoms with Crippen LogP contribution in [0.4, 0.5) is 0 Å². The average Bonchev–Trinajstić information content (AvgIpc) is 2.57. The summed E-state index contributed by atoms with van der Waals surface area (Å²) < 4.78 is 0. The van der Waals surface area contributed by atoms with Gasteiger partial charge < -0.3 is 10.2 Å². The molecule has 1 aliphatic rings. The van der Waals surface area contributed by atoms with Gasteiger partial charge >= 0.3 is 0 Å². The summed E-state index contributed by atoms with van der Waals surface area (Å²) in [4.78, 5) is 28.8. The summed E-state index contributed by atoms with van der Waals surface area (Å²) in [5, 5.41) is 3.12. The van der Waals surface area contributed by atoms with Crippen molar-refractivity contribution in [1.29, 1.82) is 0 Å². The normalized spacial score (nSPS) is 16.1. The van der Waals surface area contributed by atoms with Crippen molar-refractivity contribution in [2.45, 2.75) is 6.42 Å². The molecular formula is C11H11Cl2N3O2. The lowest BCUT2D eigenvalue weighted by Gasteiger charge is -2.19. The molecule has 2 rings (SSSR count). The molecule has 1 N–H and O–H groups in total. The van der Waals surface area contributed by atoms with E-state index in [1.165, 1.54) is 12.3 Å². The number of halogens is 2. The topological polar surface area (TPSA) is 62.3 Å². The van der Waals surface area contributed by atoms with Gasteiger partial charge in [-0.1, -0.05) is 23.2 Å². The van der Waals surface area contributed by atoms with Gasteiger partial charge in [0.05, 0.1) is 10.6 Å². The zero-order valence-electron chi connectivity index (χ0n) is 9.45. The first-order chi connectivity index (χ1) is 8.58. The summed E-state index contributed by atoms with van der Waals surface area (Å²) in [6, 6.07) is 1.49. The van der Waals surface area contributed by atoms with E-state index >= 15 is 0 Å². The van der Waals surface area contributed by atoms with Gasteiger partial charge in [0, 0.05) is 32.3 Å². The number of nitrogens with zero attached hydrogens (tertiary/aromatic N) is 2. The number of hydrogen-bond donors (Lipinski definition) is 1. The maximum Gasteiger partial charge on any atom is 0.255 e. The van der Waals surface area contributed by atoms with E-state index in [4.69, 9.17) is 23.2 Å². The van der Waals surface area contributed by atoms with E-state index in [1.54, 1.807) is 4.90 Å². The third-order valence-corrected chi connectivity index (χ3v) is 3.33. The summed E-state index contributed by atoms with van der Waals surface area (Å²) in [5.74, 6) is -0.241. The van der Waals surface area contributed by atoms with Crippen molar-refractivity contribution >= 4 is 35.0 Å². The van der Waals surface area contributed by atoms with E-state index in [9.17, 15) is 9.59 Å². The van der Waals surface area contributed by atoms with Crippen molar-refractivity contribution in [1.82, 2.24) is 15.2 Å². The van der Waals surface area contributed by atoms with Crippen LogP contribution in [0, 0.1) is 0 Å². The molecule has 0 radical (unpaired) electrons. The number of pyridine rings is 1. The molecule has 0 unspecified atom stereocenters. The minimum Gasteiger partial charge on any atom is -0.354 e. The summed E-state index contributed by atoms with van der Waals surface area (Å²) in [7, 11) is 0. The Balaban J connectivity index is 2.14. The fourth-order valence-electron chi connectivity index (χ4n) is 1.69. The summed E-state index contributed by atoms with van der Waals surface area (Å²) >= 11 is 11.5. The Hall–Kier alpha value is -1.33. The Morgan fingerprint density at radius 1 is 1.39 bits per heavy atom. The lowest BCUT2D eigenvalue weighted by Crippen LogP contribution is -2.34. The van der Waals surface area contributed by atoms with Crippen molar-refractivity contribution in [3.63, 3.8) is 0 Å². The molecule has 1 aromatic rings. The Morgan fingerprint density at radius 2 is 2.17 bits per heavy atom. The van der Waals surface area contributed by atoms with Gasteiger partial charge in [-0.25, -0.2) is 4.98 Å². The second kappa shape index (κ2) is 5.54. The Morgan fingerprint density at radius 3 is 2.89 bits per heavy atom. The van der Waals surface area contributed by atoms with Crippen LogP contribution in [-0.2, 0) is 4.79 Å². The van der Waals surface area contributed by atoms with Crippen LogP contribution in [0.15, 0.2) is 12.3 Å². The second-order valence-corrected chi connectivity index (χ2v) is 4.65. The van der Waals surface area contributed by atoms with Crippen molar-refractivity contribution in [2.75, 3.05) is 19.6 Å². The lowest BCUT2D eigenvalue weighted by atomic mass is 10.2. The molecule has 1 aliphatic heterocycles. The number of rotatable bonds is 1. The molecule has 7 heteroatoms. The zero-order chi connectivity index (χ0) is 13.1. The van der Waals surface area contributed by atoms with Gasteiger partial charge in [-0.2, -0.15) is 0 Å². The minimum atomic E-state index is -0.197. The molecule has 96 valence electrons. The van der Waals surface area contributed by atoms with Crippen molar-refractivity contribution in [3.05, 3.63) is 28.0 Å². The van der Waals surface area contributed by atoms with Gasteiger partial charge in [0.2, 0.25) is 5.91 Å². The molecule has 0 bridgehead atoms. The Labute approximate surface area is 114 Å². The third kappa shape index (κ3) is 2.91. The third-order valence-electron chi connectivity index (χ3n) is 2.64. The van der Waals surface area contributed by atoms with Gasteiger partial charge in [-0.3, -0.25) is 9.59 Å². The number of aromatic nitrogens is 1. The molecule has 5 nitrogen and oxygen atoms in total. The highest BCUT2D eigenvalue weighted by molar-refractivity contribution is 6.41. The first-order valence-corrected chi connectivity index (χ1v) is 6.20. The number of nitrogens with one attached hydrogen (secondary N) is 1. The van der Waals surface area contributed by atoms with Crippen molar-refractivity contribution in [3.8, 4) is 0 Å². The van der Waals surface area contributed by atoms with Crippen LogP contribution >= 0.6 is 23.2 Å². The molecule has 0 spiro atoms. The highest BCUT2D eigenvalue weighted by Gasteiger charge is 2.20. The molecule has 1 fully saturated rings. The number of amides is 2. The molecule has 2 amide bonds. The number of carbonyl (C=O) groups is 2. The first kappa shape index (κ1) is 13.1. The zero-order valence-corrected chi connectivity index (χ0v) is 11.0. The second-order valence-electron chi connectivity index (χ2n) is 3.89. The van der Waals surface area contributed by atoms with Crippen LogP contribution in [0.1, 0.15) is 16.8 Å². The Kier molecular flexibility index (Phi) is 4.04. The van der Waals surface area contributed by atoms with Crippen LogP contribution < -0.4 is 5.32 Å². The van der Waals surface area contributed by atoms with Crippen LogP contribution in [-0.4, -0.2) is 41.3 Å². The maximum absolute atomic E-state index is 12.2. The predicted octanol–water partition coefficient (Wildman–Crippen LogP) is 1.35. The van der Waals surface area contributed by atoms with Crippen molar-refractivity contribution < 1.29 is 9.59 Å². The smallest absolute Gasteiger partial charge is 0.255 e. The number of hydrogen-bond acceptors (Lipinski definition) is 3. The van der Waals surface area contributed by atoms with Crippen molar-refractivity contribution in [2.24, 2.45) is 0 Å². The van der Waals surface area contributed by atoms with Gasteiger partial charge in [0.1, 0.15) is 5.15 Å². The van der Waals surface area contributed by atoms with Crippen LogP contribution in [0.3, 0.4) is 0 Å². The average molecular weight is 288 g/mol.